The van der Waals surface area contributed by atoms with Crippen molar-refractivity contribution in [2.24, 2.45) is 4.99 Å². The first-order valence-corrected chi connectivity index (χ1v) is 7.13. The number of methoxy groups -OCH3 is 2. The van der Waals surface area contributed by atoms with Crippen LogP contribution in [0.15, 0.2) is 45.9 Å². The van der Waals surface area contributed by atoms with E-state index in [1.54, 1.807) is 36.4 Å². The van der Waals surface area contributed by atoms with E-state index in [1.807, 2.05) is 0 Å². The van der Waals surface area contributed by atoms with Crippen LogP contribution in [0.4, 0.5) is 5.69 Å². The SMILES string of the molecule is COC(=O)c1cccc(/N=C/c2cc(Br)cc(OC)c2O)c1. The summed E-state index contributed by atoms with van der Waals surface area (Å²) in [7, 11) is 2.80. The fraction of sp³-hybridized carbons (Fsp3) is 0.125. The Balaban J connectivity index is 2.33. The topological polar surface area (TPSA) is 68.1 Å². The first-order chi connectivity index (χ1) is 10.5. The van der Waals surface area contributed by atoms with Crippen LogP contribution in [0.25, 0.3) is 0 Å². The number of rotatable bonds is 4. The predicted octanol–water partition coefficient (Wildman–Crippen LogP) is 3.70. The van der Waals surface area contributed by atoms with Crippen LogP contribution in [0.5, 0.6) is 11.5 Å². The van der Waals surface area contributed by atoms with Gasteiger partial charge in [0.2, 0.25) is 0 Å². The molecule has 1 N–H and O–H groups in total. The summed E-state index contributed by atoms with van der Waals surface area (Å²) in [5.41, 5.74) is 1.48. The van der Waals surface area contributed by atoms with Crippen molar-refractivity contribution in [2.75, 3.05) is 14.2 Å². The molecule has 114 valence electrons. The van der Waals surface area contributed by atoms with Crippen molar-refractivity contribution in [3.63, 3.8) is 0 Å². The summed E-state index contributed by atoms with van der Waals surface area (Å²) in [6.45, 7) is 0. The van der Waals surface area contributed by atoms with Crippen molar-refractivity contribution in [1.82, 2.24) is 0 Å². The highest BCUT2D eigenvalue weighted by Gasteiger charge is 2.08. The van der Waals surface area contributed by atoms with Crippen molar-refractivity contribution < 1.29 is 19.4 Å². The fourth-order valence-corrected chi connectivity index (χ4v) is 2.28. The molecule has 6 heteroatoms. The molecule has 0 aliphatic heterocycles. The van der Waals surface area contributed by atoms with Crippen LogP contribution in [0.1, 0.15) is 15.9 Å². The molecule has 0 bridgehead atoms. The Kier molecular flexibility index (Phi) is 5.16. The number of hydrogen-bond donors (Lipinski definition) is 1. The van der Waals surface area contributed by atoms with Gasteiger partial charge in [-0.3, -0.25) is 4.99 Å². The van der Waals surface area contributed by atoms with Gasteiger partial charge in [0.1, 0.15) is 0 Å². The van der Waals surface area contributed by atoms with Crippen LogP contribution in [0.2, 0.25) is 0 Å². The molecule has 0 fully saturated rings. The molecule has 0 saturated carbocycles. The number of aliphatic imine (C=N–C) groups is 1. The Morgan fingerprint density at radius 1 is 1.27 bits per heavy atom. The largest absolute Gasteiger partial charge is 0.504 e. The fourth-order valence-electron chi connectivity index (χ4n) is 1.82. The van der Waals surface area contributed by atoms with E-state index in [-0.39, 0.29) is 5.75 Å². The number of aromatic hydroxyl groups is 1. The monoisotopic (exact) mass is 363 g/mol. The third kappa shape index (κ3) is 3.65. The maximum Gasteiger partial charge on any atom is 0.337 e. The van der Waals surface area contributed by atoms with E-state index in [9.17, 15) is 9.90 Å². The molecule has 0 aliphatic carbocycles. The predicted molar refractivity (Wildman–Crippen MR) is 87.4 cm³/mol. The number of hydrogen-bond acceptors (Lipinski definition) is 5. The summed E-state index contributed by atoms with van der Waals surface area (Å²) in [6.07, 6.45) is 1.50. The lowest BCUT2D eigenvalue weighted by molar-refractivity contribution is 0.0601. The van der Waals surface area contributed by atoms with E-state index in [4.69, 9.17) is 4.74 Å². The molecule has 0 aromatic heterocycles. The highest BCUT2D eigenvalue weighted by molar-refractivity contribution is 9.10. The van der Waals surface area contributed by atoms with Gasteiger partial charge in [0, 0.05) is 16.3 Å². The molecule has 22 heavy (non-hydrogen) atoms. The Hall–Kier alpha value is -2.34. The van der Waals surface area contributed by atoms with Crippen LogP contribution in [0, 0.1) is 0 Å². The average molecular weight is 364 g/mol. The Morgan fingerprint density at radius 2 is 2.05 bits per heavy atom. The molecule has 2 aromatic rings. The zero-order valence-electron chi connectivity index (χ0n) is 12.0. The lowest BCUT2D eigenvalue weighted by Crippen LogP contribution is -2.00. The second-order valence-corrected chi connectivity index (χ2v) is 5.26. The van der Waals surface area contributed by atoms with Crippen molar-refractivity contribution in [3.8, 4) is 11.5 Å². The summed E-state index contributed by atoms with van der Waals surface area (Å²) < 4.78 is 10.5. The van der Waals surface area contributed by atoms with E-state index >= 15 is 0 Å². The summed E-state index contributed by atoms with van der Waals surface area (Å²) in [5, 5.41) is 10.1. The van der Waals surface area contributed by atoms with Crippen LogP contribution in [0.3, 0.4) is 0 Å². The Morgan fingerprint density at radius 3 is 2.73 bits per heavy atom. The van der Waals surface area contributed by atoms with Gasteiger partial charge >= 0.3 is 5.97 Å². The quantitative estimate of drug-likeness (QED) is 0.664. The zero-order valence-corrected chi connectivity index (χ0v) is 13.6. The molecule has 0 radical (unpaired) electrons. The number of phenolic OH excluding ortho intramolecular Hbond substituents is 1. The number of carbonyl (C=O) groups is 1. The second kappa shape index (κ2) is 7.09. The number of phenols is 1. The first-order valence-electron chi connectivity index (χ1n) is 6.34. The average Bonchev–Trinajstić information content (AvgIpc) is 2.54. The van der Waals surface area contributed by atoms with Gasteiger partial charge < -0.3 is 14.6 Å². The number of ether oxygens (including phenoxy) is 2. The molecule has 0 aliphatic rings. The minimum absolute atomic E-state index is 0.00132. The zero-order chi connectivity index (χ0) is 16.1. The lowest BCUT2D eigenvalue weighted by atomic mass is 10.2. The van der Waals surface area contributed by atoms with Crippen LogP contribution >= 0.6 is 15.9 Å². The van der Waals surface area contributed by atoms with Crippen molar-refractivity contribution >= 4 is 33.8 Å². The van der Waals surface area contributed by atoms with Crippen molar-refractivity contribution in [3.05, 3.63) is 52.0 Å². The Bertz CT molecular complexity index is 728. The maximum absolute atomic E-state index is 11.5. The number of halogens is 1. The third-order valence-electron chi connectivity index (χ3n) is 2.91. The van der Waals surface area contributed by atoms with Crippen molar-refractivity contribution in [2.45, 2.75) is 0 Å². The van der Waals surface area contributed by atoms with Crippen molar-refractivity contribution in [1.29, 1.82) is 0 Å². The van der Waals surface area contributed by atoms with E-state index in [0.717, 1.165) is 4.47 Å². The van der Waals surface area contributed by atoms with Gasteiger partial charge in [-0.25, -0.2) is 4.79 Å². The molecule has 5 nitrogen and oxygen atoms in total. The van der Waals surface area contributed by atoms with E-state index in [1.165, 1.54) is 20.4 Å². The highest BCUT2D eigenvalue weighted by Crippen LogP contribution is 2.32. The molecule has 2 rings (SSSR count). The van der Waals surface area contributed by atoms with Crippen LogP contribution < -0.4 is 4.74 Å². The van der Waals surface area contributed by atoms with Gasteiger partial charge in [-0.2, -0.15) is 0 Å². The number of esters is 1. The smallest absolute Gasteiger partial charge is 0.337 e. The molecular formula is C16H14BrNO4. The molecule has 2 aromatic carbocycles. The minimum atomic E-state index is -0.427. The van der Waals surface area contributed by atoms with E-state index < -0.39 is 5.97 Å². The normalized spacial score (nSPS) is 10.7. The van der Waals surface area contributed by atoms with E-state index in [0.29, 0.717) is 22.6 Å². The molecule has 0 spiro atoms. The lowest BCUT2D eigenvalue weighted by Gasteiger charge is -2.06. The second-order valence-electron chi connectivity index (χ2n) is 4.35. The minimum Gasteiger partial charge on any atom is -0.504 e. The van der Waals surface area contributed by atoms with Crippen LogP contribution in [-0.4, -0.2) is 31.5 Å². The molecule has 0 amide bonds. The molecular weight excluding hydrogens is 350 g/mol. The molecule has 0 atom stereocenters. The summed E-state index contributed by atoms with van der Waals surface area (Å²) in [4.78, 5) is 15.7. The summed E-state index contributed by atoms with van der Waals surface area (Å²) >= 11 is 3.34. The number of nitrogens with zero attached hydrogens (tertiary/aromatic N) is 1. The highest BCUT2D eigenvalue weighted by atomic mass is 79.9. The number of benzene rings is 2. The Labute approximate surface area is 136 Å². The van der Waals surface area contributed by atoms with Gasteiger partial charge in [-0.1, -0.05) is 22.0 Å². The molecule has 0 heterocycles. The van der Waals surface area contributed by atoms with E-state index in [2.05, 4.69) is 25.7 Å². The standard InChI is InChI=1S/C16H14BrNO4/c1-21-14-8-12(17)6-11(15(14)19)9-18-13-5-3-4-10(7-13)16(20)22-2/h3-9,19H,1-2H3/b18-9+. The van der Waals surface area contributed by atoms with Gasteiger partial charge in [0.25, 0.3) is 0 Å². The van der Waals surface area contributed by atoms with Gasteiger partial charge in [0.15, 0.2) is 11.5 Å². The van der Waals surface area contributed by atoms with Gasteiger partial charge in [-0.15, -0.1) is 0 Å². The first kappa shape index (κ1) is 16.0. The number of carbonyl (C=O) groups excluding carboxylic acids is 1. The maximum atomic E-state index is 11.5. The van der Waals surface area contributed by atoms with Gasteiger partial charge in [0.05, 0.1) is 25.5 Å². The molecule has 0 unspecified atom stereocenters. The summed E-state index contributed by atoms with van der Waals surface area (Å²) in [6, 6.07) is 10.1. The molecule has 0 saturated heterocycles. The van der Waals surface area contributed by atoms with Crippen LogP contribution in [-0.2, 0) is 4.74 Å². The third-order valence-corrected chi connectivity index (χ3v) is 3.37. The summed E-state index contributed by atoms with van der Waals surface area (Å²) in [5.74, 6) is -0.0817. The van der Waals surface area contributed by atoms with Gasteiger partial charge in [-0.05, 0) is 30.3 Å².